The molecule has 3 aromatic rings. The van der Waals surface area contributed by atoms with E-state index in [1.54, 1.807) is 12.1 Å². The third-order valence-corrected chi connectivity index (χ3v) is 5.75. The maximum Gasteiger partial charge on any atom is 0.308 e. The number of esters is 1. The molecule has 3 rings (SSSR count). The lowest BCUT2D eigenvalue weighted by molar-refractivity contribution is -0.145. The summed E-state index contributed by atoms with van der Waals surface area (Å²) in [5.74, 6) is -0.351. The molecule has 0 fully saturated rings. The van der Waals surface area contributed by atoms with Gasteiger partial charge in [-0.25, -0.2) is 8.93 Å². The van der Waals surface area contributed by atoms with Crippen molar-refractivity contribution < 1.29 is 13.7 Å². The van der Waals surface area contributed by atoms with Gasteiger partial charge in [-0.05, 0) is 29.3 Å². The first-order valence-corrected chi connectivity index (χ1v) is 10.7. The predicted molar refractivity (Wildman–Crippen MR) is 114 cm³/mol. The summed E-state index contributed by atoms with van der Waals surface area (Å²) in [6, 6.07) is 25.9. The van der Waals surface area contributed by atoms with E-state index in [0.717, 1.165) is 15.6 Å². The van der Waals surface area contributed by atoms with Crippen molar-refractivity contribution in [2.75, 3.05) is 0 Å². The summed E-state index contributed by atoms with van der Waals surface area (Å²) >= 11 is 3.39. The Morgan fingerprint density at radius 3 is 2.32 bits per heavy atom. The summed E-state index contributed by atoms with van der Waals surface area (Å²) in [6.07, 6.45) is 0.0800. The lowest BCUT2D eigenvalue weighted by Crippen LogP contribution is -2.26. The second-order valence-electron chi connectivity index (χ2n) is 6.16. The molecule has 144 valence electrons. The van der Waals surface area contributed by atoms with E-state index < -0.39 is 17.0 Å². The summed E-state index contributed by atoms with van der Waals surface area (Å²) in [6.45, 7) is 0.218. The minimum atomic E-state index is -1.47. The average molecular weight is 458 g/mol. The molecular formula is C22H20BrNO3S. The van der Waals surface area contributed by atoms with Gasteiger partial charge in [-0.15, -0.1) is 0 Å². The summed E-state index contributed by atoms with van der Waals surface area (Å²) < 4.78 is 22.1. The third-order valence-electron chi connectivity index (χ3n) is 4.07. The van der Waals surface area contributed by atoms with E-state index in [1.165, 1.54) is 0 Å². The van der Waals surface area contributed by atoms with Crippen molar-refractivity contribution in [3.63, 3.8) is 0 Å². The van der Waals surface area contributed by atoms with Crippen LogP contribution in [0.4, 0.5) is 0 Å². The van der Waals surface area contributed by atoms with Gasteiger partial charge in [-0.1, -0.05) is 82.7 Å². The molecule has 0 bridgehead atoms. The van der Waals surface area contributed by atoms with Gasteiger partial charge in [0.05, 0.1) is 17.4 Å². The second-order valence-corrected chi connectivity index (χ2v) is 8.32. The van der Waals surface area contributed by atoms with Crippen LogP contribution in [0.25, 0.3) is 0 Å². The van der Waals surface area contributed by atoms with E-state index in [-0.39, 0.29) is 19.0 Å². The zero-order valence-electron chi connectivity index (χ0n) is 15.1. The Morgan fingerprint density at radius 2 is 1.64 bits per heavy atom. The highest BCUT2D eigenvalue weighted by atomic mass is 79.9. The molecule has 2 unspecified atom stereocenters. The van der Waals surface area contributed by atoms with Crippen LogP contribution in [0.15, 0.2) is 94.3 Å². The predicted octanol–water partition coefficient (Wildman–Crippen LogP) is 4.94. The SMILES string of the molecule is O=C(CC(NS(=O)c1cccc(Br)c1)c1ccccc1)OCc1ccccc1. The molecule has 4 nitrogen and oxygen atoms in total. The first-order chi connectivity index (χ1) is 13.6. The maximum absolute atomic E-state index is 12.8. The minimum Gasteiger partial charge on any atom is -0.461 e. The Morgan fingerprint density at radius 1 is 0.964 bits per heavy atom. The Bertz CT molecular complexity index is 935. The Hall–Kier alpha value is -2.28. The van der Waals surface area contributed by atoms with Crippen molar-refractivity contribution in [3.8, 4) is 0 Å². The van der Waals surface area contributed by atoms with E-state index in [9.17, 15) is 9.00 Å². The van der Waals surface area contributed by atoms with Gasteiger partial charge < -0.3 is 4.74 Å². The quantitative estimate of drug-likeness (QED) is 0.487. The minimum absolute atomic E-state index is 0.0800. The largest absolute Gasteiger partial charge is 0.461 e. The fourth-order valence-electron chi connectivity index (χ4n) is 2.66. The van der Waals surface area contributed by atoms with Crippen molar-refractivity contribution in [1.29, 1.82) is 0 Å². The lowest BCUT2D eigenvalue weighted by Gasteiger charge is -2.18. The monoisotopic (exact) mass is 457 g/mol. The number of ether oxygens (including phenoxy) is 1. The number of rotatable bonds is 8. The van der Waals surface area contributed by atoms with Crippen LogP contribution in [0.1, 0.15) is 23.6 Å². The molecule has 0 aromatic heterocycles. The van der Waals surface area contributed by atoms with Crippen LogP contribution in [0, 0.1) is 0 Å². The van der Waals surface area contributed by atoms with Crippen LogP contribution in [0.2, 0.25) is 0 Å². The summed E-state index contributed by atoms with van der Waals surface area (Å²) in [5.41, 5.74) is 1.81. The van der Waals surface area contributed by atoms with Crippen LogP contribution < -0.4 is 4.72 Å². The highest BCUT2D eigenvalue weighted by molar-refractivity contribution is 9.10. The highest BCUT2D eigenvalue weighted by Crippen LogP contribution is 2.21. The summed E-state index contributed by atoms with van der Waals surface area (Å²) in [7, 11) is -1.47. The third kappa shape index (κ3) is 6.12. The Balaban J connectivity index is 1.68. The Labute approximate surface area is 175 Å². The smallest absolute Gasteiger partial charge is 0.308 e. The van der Waals surface area contributed by atoms with E-state index in [2.05, 4.69) is 20.7 Å². The molecule has 0 spiro atoms. The highest BCUT2D eigenvalue weighted by Gasteiger charge is 2.20. The molecule has 0 aliphatic rings. The molecule has 0 amide bonds. The second kappa shape index (κ2) is 10.3. The van der Waals surface area contributed by atoms with Crippen LogP contribution in [0.5, 0.6) is 0 Å². The molecular weight excluding hydrogens is 438 g/mol. The molecule has 0 aliphatic carbocycles. The molecule has 0 saturated heterocycles. The zero-order chi connectivity index (χ0) is 19.8. The van der Waals surface area contributed by atoms with Crippen molar-refractivity contribution in [2.24, 2.45) is 0 Å². The lowest BCUT2D eigenvalue weighted by atomic mass is 10.1. The number of hydrogen-bond acceptors (Lipinski definition) is 3. The van der Waals surface area contributed by atoms with Crippen molar-refractivity contribution in [2.45, 2.75) is 24.0 Å². The van der Waals surface area contributed by atoms with Gasteiger partial charge in [-0.2, -0.15) is 0 Å². The standard InChI is InChI=1S/C22H20BrNO3S/c23-19-12-7-13-20(14-19)28(26)24-21(18-10-5-2-6-11-18)15-22(25)27-16-17-8-3-1-4-9-17/h1-14,21,24H,15-16H2. The number of hydrogen-bond donors (Lipinski definition) is 1. The van der Waals surface area contributed by atoms with Gasteiger partial charge in [0.25, 0.3) is 0 Å². The maximum atomic E-state index is 12.8. The molecule has 0 saturated carbocycles. The topological polar surface area (TPSA) is 55.4 Å². The average Bonchev–Trinajstić information content (AvgIpc) is 2.73. The van der Waals surface area contributed by atoms with E-state index in [0.29, 0.717) is 4.90 Å². The van der Waals surface area contributed by atoms with Crippen LogP contribution in [-0.4, -0.2) is 10.2 Å². The van der Waals surface area contributed by atoms with Gasteiger partial charge in [0, 0.05) is 4.47 Å². The summed E-state index contributed by atoms with van der Waals surface area (Å²) in [5, 5.41) is 0. The normalized spacial score (nSPS) is 12.9. The molecule has 0 radical (unpaired) electrons. The fourth-order valence-corrected chi connectivity index (χ4v) is 4.26. The van der Waals surface area contributed by atoms with Crippen LogP contribution in [0.3, 0.4) is 0 Å². The zero-order valence-corrected chi connectivity index (χ0v) is 17.5. The molecule has 2 atom stereocenters. The molecule has 28 heavy (non-hydrogen) atoms. The van der Waals surface area contributed by atoms with E-state index >= 15 is 0 Å². The molecule has 1 N–H and O–H groups in total. The van der Waals surface area contributed by atoms with E-state index in [4.69, 9.17) is 4.74 Å². The van der Waals surface area contributed by atoms with Crippen molar-refractivity contribution in [3.05, 3.63) is 101 Å². The van der Waals surface area contributed by atoms with Gasteiger partial charge in [0.2, 0.25) is 0 Å². The number of halogens is 1. The van der Waals surface area contributed by atoms with Crippen LogP contribution in [-0.2, 0) is 27.1 Å². The summed E-state index contributed by atoms with van der Waals surface area (Å²) in [4.78, 5) is 13.0. The first kappa shape index (κ1) is 20.5. The van der Waals surface area contributed by atoms with Gasteiger partial charge in [0.15, 0.2) is 0 Å². The molecule has 0 heterocycles. The van der Waals surface area contributed by atoms with Crippen molar-refractivity contribution in [1.82, 2.24) is 4.72 Å². The number of carbonyl (C=O) groups is 1. The number of nitrogens with one attached hydrogen (secondary N) is 1. The molecule has 3 aromatic carbocycles. The van der Waals surface area contributed by atoms with Gasteiger partial charge in [-0.3, -0.25) is 4.79 Å². The molecule has 0 aliphatic heterocycles. The first-order valence-electron chi connectivity index (χ1n) is 8.80. The number of carbonyl (C=O) groups excluding carboxylic acids is 1. The van der Waals surface area contributed by atoms with Gasteiger partial charge in [0.1, 0.15) is 17.6 Å². The van der Waals surface area contributed by atoms with Crippen molar-refractivity contribution >= 4 is 32.9 Å². The van der Waals surface area contributed by atoms with E-state index in [1.807, 2.05) is 72.8 Å². The Kier molecular flexibility index (Phi) is 7.54. The number of benzene rings is 3. The van der Waals surface area contributed by atoms with Crippen LogP contribution >= 0.6 is 15.9 Å². The van der Waals surface area contributed by atoms with Gasteiger partial charge >= 0.3 is 5.97 Å². The fraction of sp³-hybridized carbons (Fsp3) is 0.136. The molecule has 6 heteroatoms.